The summed E-state index contributed by atoms with van der Waals surface area (Å²) in [5.74, 6) is 4.60. The summed E-state index contributed by atoms with van der Waals surface area (Å²) in [6.45, 7) is 0.819. The monoisotopic (exact) mass is 484 g/mol. The molecule has 1 heterocycles. The molecule has 10 nitrogen and oxygen atoms in total. The molecule has 0 saturated carbocycles. The van der Waals surface area contributed by atoms with E-state index < -0.39 is 33.0 Å². The summed E-state index contributed by atoms with van der Waals surface area (Å²) in [6.07, 6.45) is 2.61. The molecule has 0 radical (unpaired) electrons. The summed E-state index contributed by atoms with van der Waals surface area (Å²) < 4.78 is 24.0. The number of hydroxylamine groups is 1. The van der Waals surface area contributed by atoms with Gasteiger partial charge in [0.2, 0.25) is 5.91 Å². The Balaban J connectivity index is 1.75. The summed E-state index contributed by atoms with van der Waals surface area (Å²) in [5.41, 5.74) is 4.15. The molecular weight excluding hydrogens is 460 g/mol. The SMILES string of the molecule is CC(CCn1cc2cc(C#Cc3ccc(NC(=O)CO)cc3)ccc2n1)(C(=O)NO)S(C)(=O)=O. The van der Waals surface area contributed by atoms with Crippen LogP contribution in [0, 0.1) is 11.8 Å². The smallest absolute Gasteiger partial charge is 0.264 e. The van der Waals surface area contributed by atoms with Gasteiger partial charge in [0.1, 0.15) is 6.61 Å². The fourth-order valence-corrected chi connectivity index (χ4v) is 4.01. The Morgan fingerprint density at radius 3 is 2.38 bits per heavy atom. The number of anilines is 1. The summed E-state index contributed by atoms with van der Waals surface area (Å²) in [7, 11) is -3.79. The lowest BCUT2D eigenvalue weighted by Gasteiger charge is -2.24. The Labute approximate surface area is 196 Å². The molecule has 2 amide bonds. The Hall–Kier alpha value is -3.72. The normalized spacial score (nSPS) is 12.9. The Kier molecular flexibility index (Phi) is 7.36. The highest BCUT2D eigenvalue weighted by Crippen LogP contribution is 2.23. The number of aliphatic hydroxyl groups is 1. The highest BCUT2D eigenvalue weighted by molar-refractivity contribution is 7.92. The van der Waals surface area contributed by atoms with Crippen LogP contribution in [0.4, 0.5) is 5.69 Å². The van der Waals surface area contributed by atoms with Crippen LogP contribution in [0.1, 0.15) is 24.5 Å². The van der Waals surface area contributed by atoms with Gasteiger partial charge in [-0.15, -0.1) is 0 Å². The number of carbonyl (C=O) groups excluding carboxylic acids is 2. The topological polar surface area (TPSA) is 151 Å². The third kappa shape index (κ3) is 5.60. The molecule has 2 aromatic carbocycles. The van der Waals surface area contributed by atoms with E-state index in [0.29, 0.717) is 11.2 Å². The van der Waals surface area contributed by atoms with E-state index in [1.165, 1.54) is 12.4 Å². The van der Waals surface area contributed by atoms with Crippen molar-refractivity contribution in [1.82, 2.24) is 15.3 Å². The molecule has 178 valence electrons. The fourth-order valence-electron chi connectivity index (χ4n) is 3.16. The fraction of sp³-hybridized carbons (Fsp3) is 0.261. The van der Waals surface area contributed by atoms with Crippen LogP contribution >= 0.6 is 0 Å². The van der Waals surface area contributed by atoms with Gasteiger partial charge in [-0.25, -0.2) is 13.9 Å². The average Bonchev–Trinajstić information content (AvgIpc) is 3.23. The lowest BCUT2D eigenvalue weighted by molar-refractivity contribution is -0.131. The molecule has 1 atom stereocenters. The third-order valence-corrected chi connectivity index (χ3v) is 7.46. The molecule has 4 N–H and O–H groups in total. The first-order valence-corrected chi connectivity index (χ1v) is 12.1. The van der Waals surface area contributed by atoms with Crippen LogP contribution in [0.15, 0.2) is 48.7 Å². The van der Waals surface area contributed by atoms with E-state index in [0.717, 1.165) is 22.8 Å². The van der Waals surface area contributed by atoms with Gasteiger partial charge in [-0.05, 0) is 55.8 Å². The number of benzene rings is 2. The minimum absolute atomic E-state index is 0.0758. The molecule has 0 aliphatic carbocycles. The second-order valence-electron chi connectivity index (χ2n) is 7.89. The molecule has 11 heteroatoms. The number of aromatic nitrogens is 2. The number of aryl methyl sites for hydroxylation is 1. The van der Waals surface area contributed by atoms with E-state index in [4.69, 9.17) is 10.3 Å². The summed E-state index contributed by atoms with van der Waals surface area (Å²) in [5, 5.41) is 25.5. The van der Waals surface area contributed by atoms with Gasteiger partial charge < -0.3 is 10.4 Å². The lowest BCUT2D eigenvalue weighted by atomic mass is 10.1. The van der Waals surface area contributed by atoms with Gasteiger partial charge in [0.05, 0.1) is 5.52 Å². The Morgan fingerprint density at radius 2 is 1.76 bits per heavy atom. The van der Waals surface area contributed by atoms with Gasteiger partial charge in [0.15, 0.2) is 14.6 Å². The summed E-state index contributed by atoms with van der Waals surface area (Å²) in [6, 6.07) is 12.3. The van der Waals surface area contributed by atoms with Gasteiger partial charge in [-0.1, -0.05) is 11.8 Å². The summed E-state index contributed by atoms with van der Waals surface area (Å²) in [4.78, 5) is 23.2. The highest BCUT2D eigenvalue weighted by Gasteiger charge is 2.43. The number of sulfone groups is 1. The van der Waals surface area contributed by atoms with Crippen molar-refractivity contribution in [2.24, 2.45) is 0 Å². The van der Waals surface area contributed by atoms with Gasteiger partial charge in [0, 0.05) is 41.2 Å². The van der Waals surface area contributed by atoms with Gasteiger partial charge in [-0.2, -0.15) is 5.10 Å². The number of fused-ring (bicyclic) bond motifs is 1. The minimum atomic E-state index is -3.79. The predicted molar refractivity (Wildman–Crippen MR) is 126 cm³/mol. The molecule has 0 aliphatic heterocycles. The number of carbonyl (C=O) groups is 2. The number of hydrogen-bond acceptors (Lipinski definition) is 7. The van der Waals surface area contributed by atoms with Crippen LogP contribution in [0.25, 0.3) is 10.9 Å². The number of amides is 2. The van der Waals surface area contributed by atoms with Crippen molar-refractivity contribution < 1.29 is 28.3 Å². The quantitative estimate of drug-likeness (QED) is 0.222. The minimum Gasteiger partial charge on any atom is -0.387 e. The highest BCUT2D eigenvalue weighted by atomic mass is 32.2. The molecular formula is C23H24N4O6S. The first-order chi connectivity index (χ1) is 16.1. The number of nitrogens with one attached hydrogen (secondary N) is 2. The van der Waals surface area contributed by atoms with Crippen molar-refractivity contribution in [1.29, 1.82) is 0 Å². The lowest BCUT2D eigenvalue weighted by Crippen LogP contribution is -2.49. The van der Waals surface area contributed by atoms with Crippen molar-refractivity contribution >= 4 is 38.2 Å². The van der Waals surface area contributed by atoms with Crippen LogP contribution in [0.5, 0.6) is 0 Å². The predicted octanol–water partition coefficient (Wildman–Crippen LogP) is 1.07. The first kappa shape index (κ1) is 24.9. The van der Waals surface area contributed by atoms with E-state index in [1.807, 2.05) is 12.1 Å². The van der Waals surface area contributed by atoms with Crippen molar-refractivity contribution in [2.75, 3.05) is 18.2 Å². The first-order valence-electron chi connectivity index (χ1n) is 10.2. The average molecular weight is 485 g/mol. The standard InChI is InChI=1S/C23H24N4O6S/c1-23(22(30)26-31,34(2,32)33)11-12-27-14-18-13-17(7-10-20(18)25-27)4-3-16-5-8-19(9-6-16)24-21(29)15-28/h5-10,13-14,28,31H,11-12,15H2,1-2H3,(H,24,29)(H,26,30). The molecule has 34 heavy (non-hydrogen) atoms. The maximum atomic E-state index is 12.1. The molecule has 0 fully saturated rings. The van der Waals surface area contributed by atoms with Gasteiger partial charge in [-0.3, -0.25) is 19.5 Å². The second-order valence-corrected chi connectivity index (χ2v) is 10.3. The Bertz CT molecular complexity index is 1390. The van der Waals surface area contributed by atoms with E-state index in [1.54, 1.807) is 41.2 Å². The number of hydrogen-bond donors (Lipinski definition) is 4. The van der Waals surface area contributed by atoms with Crippen LogP contribution in [-0.4, -0.2) is 57.9 Å². The zero-order valence-electron chi connectivity index (χ0n) is 18.6. The zero-order valence-corrected chi connectivity index (χ0v) is 19.4. The van der Waals surface area contributed by atoms with Crippen LogP contribution < -0.4 is 10.8 Å². The second kappa shape index (κ2) is 10.0. The van der Waals surface area contributed by atoms with Gasteiger partial charge >= 0.3 is 0 Å². The van der Waals surface area contributed by atoms with Crippen molar-refractivity contribution in [3.8, 4) is 11.8 Å². The molecule has 0 bridgehead atoms. The van der Waals surface area contributed by atoms with E-state index >= 15 is 0 Å². The number of rotatable bonds is 7. The molecule has 0 aliphatic rings. The van der Waals surface area contributed by atoms with Crippen LogP contribution in [0.3, 0.4) is 0 Å². The molecule has 0 spiro atoms. The molecule has 3 rings (SSSR count). The maximum Gasteiger partial charge on any atom is 0.264 e. The zero-order chi connectivity index (χ0) is 24.9. The molecule has 3 aromatic rings. The van der Waals surface area contributed by atoms with E-state index in [-0.39, 0.29) is 13.0 Å². The molecule has 1 unspecified atom stereocenters. The van der Waals surface area contributed by atoms with E-state index in [9.17, 15) is 18.0 Å². The largest absolute Gasteiger partial charge is 0.387 e. The molecule has 1 aromatic heterocycles. The van der Waals surface area contributed by atoms with Crippen molar-refractivity contribution in [3.63, 3.8) is 0 Å². The van der Waals surface area contributed by atoms with Crippen molar-refractivity contribution in [2.45, 2.75) is 24.6 Å². The van der Waals surface area contributed by atoms with Crippen molar-refractivity contribution in [3.05, 3.63) is 59.8 Å². The van der Waals surface area contributed by atoms with Gasteiger partial charge in [0.25, 0.3) is 5.91 Å². The maximum absolute atomic E-state index is 12.1. The summed E-state index contributed by atoms with van der Waals surface area (Å²) >= 11 is 0. The van der Waals surface area contributed by atoms with E-state index in [2.05, 4.69) is 22.3 Å². The van der Waals surface area contributed by atoms with Crippen LogP contribution in [-0.2, 0) is 26.0 Å². The molecule has 0 saturated heterocycles. The number of aliphatic hydroxyl groups excluding tert-OH is 1. The number of nitrogens with zero attached hydrogens (tertiary/aromatic N) is 2. The third-order valence-electron chi connectivity index (χ3n) is 5.43. The van der Waals surface area contributed by atoms with Crippen LogP contribution in [0.2, 0.25) is 0 Å². The Morgan fingerprint density at radius 1 is 1.12 bits per heavy atom.